The van der Waals surface area contributed by atoms with Gasteiger partial charge in [0.1, 0.15) is 6.26 Å². The Hall–Kier alpha value is -0.530. The normalized spacial score (nSPS) is 16.0. The fraction of sp³-hybridized carbons (Fsp3) is 0. The lowest BCUT2D eigenvalue weighted by Gasteiger charge is -1.95. The zero-order valence-corrected chi connectivity index (χ0v) is 3.79. The smallest absolute Gasteiger partial charge is 0.176 e. The molecule has 0 amide bonds. The molecule has 0 fully saturated rings. The van der Waals surface area contributed by atoms with E-state index in [2.05, 4.69) is 14.6 Å². The summed E-state index contributed by atoms with van der Waals surface area (Å²) in [6, 6.07) is 0. The van der Waals surface area contributed by atoms with Crippen molar-refractivity contribution >= 4 is 12.2 Å². The molecule has 0 radical (unpaired) electrons. The molecule has 32 valence electrons. The van der Waals surface area contributed by atoms with Crippen molar-refractivity contribution in [1.82, 2.24) is 4.72 Å². The summed E-state index contributed by atoms with van der Waals surface area (Å²) < 4.78 is 7.32. The maximum absolute atomic E-state index is 4.61. The minimum absolute atomic E-state index is 1.17. The minimum Gasteiger partial charge on any atom is -0.405 e. The molecule has 1 rings (SSSR count). The van der Waals surface area contributed by atoms with Crippen LogP contribution in [0.25, 0.3) is 0 Å². The highest BCUT2D eigenvalue weighted by molar-refractivity contribution is 7.92. The second-order valence-corrected chi connectivity index (χ2v) is 1.32. The fourth-order valence-corrected chi connectivity index (χ4v) is 0.447. The first-order valence-electron chi connectivity index (χ1n) is 1.47. The van der Waals surface area contributed by atoms with Crippen molar-refractivity contribution in [1.29, 1.82) is 0 Å². The van der Waals surface area contributed by atoms with E-state index in [-0.39, 0.29) is 0 Å². The third kappa shape index (κ3) is 0.708. The quantitative estimate of drug-likeness (QED) is 0.277. The predicted octanol–water partition coefficient (Wildman–Crippen LogP) is 0.796. The zero-order valence-electron chi connectivity index (χ0n) is 2.97. The lowest BCUT2D eigenvalue weighted by molar-refractivity contribution is 0.559. The Labute approximate surface area is 40.2 Å². The summed E-state index contributed by atoms with van der Waals surface area (Å²) in [6.07, 6.45) is 3.16. The highest BCUT2D eigenvalue weighted by Gasteiger charge is 1.78. The van der Waals surface area contributed by atoms with Crippen molar-refractivity contribution in [3.63, 3.8) is 0 Å². The number of nitrogens with one attached hydrogen (secondary N) is 1. The van der Waals surface area contributed by atoms with E-state index in [4.69, 9.17) is 0 Å². The SMILES string of the molecule is C1=CNSOC=1. The van der Waals surface area contributed by atoms with Gasteiger partial charge in [-0.1, -0.05) is 5.73 Å². The van der Waals surface area contributed by atoms with Gasteiger partial charge in [-0.05, 0) is 0 Å². The summed E-state index contributed by atoms with van der Waals surface area (Å²) in [5.74, 6) is 0. The van der Waals surface area contributed by atoms with Gasteiger partial charge < -0.3 is 4.18 Å². The fourth-order valence-electron chi connectivity index (χ4n) is 0.172. The van der Waals surface area contributed by atoms with Gasteiger partial charge in [-0.3, -0.25) is 4.72 Å². The Morgan fingerprint density at radius 3 is 3.00 bits per heavy atom. The van der Waals surface area contributed by atoms with Gasteiger partial charge in [0.05, 0.1) is 6.20 Å². The topological polar surface area (TPSA) is 21.3 Å². The van der Waals surface area contributed by atoms with Crippen LogP contribution in [-0.2, 0) is 4.18 Å². The third-order valence-corrected chi connectivity index (χ3v) is 0.761. The average Bonchev–Trinajstić information content (AvgIpc) is 1.72. The molecule has 0 aromatic rings. The predicted molar refractivity (Wildman–Crippen MR) is 24.5 cm³/mol. The van der Waals surface area contributed by atoms with Crippen molar-refractivity contribution in [3.8, 4) is 0 Å². The van der Waals surface area contributed by atoms with Gasteiger partial charge in [0.25, 0.3) is 0 Å². The summed E-state index contributed by atoms with van der Waals surface area (Å²) in [6.45, 7) is 0. The maximum Gasteiger partial charge on any atom is 0.176 e. The number of hydrogen-bond acceptors (Lipinski definition) is 3. The second-order valence-electron chi connectivity index (χ2n) is 0.726. The van der Waals surface area contributed by atoms with Crippen molar-refractivity contribution in [2.75, 3.05) is 0 Å². The molecule has 1 heterocycles. The van der Waals surface area contributed by atoms with E-state index in [1.54, 1.807) is 6.20 Å². The second kappa shape index (κ2) is 1.80. The van der Waals surface area contributed by atoms with Crippen LogP contribution in [0.2, 0.25) is 0 Å². The van der Waals surface area contributed by atoms with Crippen LogP contribution < -0.4 is 4.72 Å². The molecule has 0 aromatic carbocycles. The van der Waals surface area contributed by atoms with Crippen LogP contribution >= 0.6 is 12.2 Å². The van der Waals surface area contributed by atoms with Crippen molar-refractivity contribution < 1.29 is 4.18 Å². The third-order valence-electron chi connectivity index (χ3n) is 0.355. The Morgan fingerprint density at radius 2 is 2.83 bits per heavy atom. The molecular weight excluding hydrogens is 98.1 g/mol. The minimum atomic E-state index is 1.17. The molecule has 3 heteroatoms. The van der Waals surface area contributed by atoms with Crippen molar-refractivity contribution in [2.45, 2.75) is 0 Å². The van der Waals surface area contributed by atoms with Crippen LogP contribution in [0.4, 0.5) is 0 Å². The van der Waals surface area contributed by atoms with Gasteiger partial charge in [-0.2, -0.15) is 0 Å². The van der Waals surface area contributed by atoms with Gasteiger partial charge in [-0.25, -0.2) is 0 Å². The molecule has 0 saturated heterocycles. The zero-order chi connectivity index (χ0) is 4.24. The number of rotatable bonds is 0. The molecule has 0 atom stereocenters. The van der Waals surface area contributed by atoms with E-state index in [1.165, 1.54) is 18.5 Å². The summed E-state index contributed by atoms with van der Waals surface area (Å²) in [5.41, 5.74) is 2.68. The van der Waals surface area contributed by atoms with E-state index in [0.29, 0.717) is 0 Å². The van der Waals surface area contributed by atoms with Crippen molar-refractivity contribution in [2.24, 2.45) is 0 Å². The van der Waals surface area contributed by atoms with Gasteiger partial charge >= 0.3 is 0 Å². The summed E-state index contributed by atoms with van der Waals surface area (Å²) in [5, 5.41) is 0. The van der Waals surface area contributed by atoms with E-state index in [9.17, 15) is 0 Å². The van der Waals surface area contributed by atoms with E-state index >= 15 is 0 Å². The molecule has 0 saturated carbocycles. The Morgan fingerprint density at radius 1 is 1.83 bits per heavy atom. The lowest BCUT2D eigenvalue weighted by Crippen LogP contribution is -1.91. The molecule has 0 bridgehead atoms. The molecule has 1 N–H and O–H groups in total. The van der Waals surface area contributed by atoms with Crippen LogP contribution in [0.1, 0.15) is 0 Å². The first kappa shape index (κ1) is 3.65. The average molecular weight is 101 g/mol. The molecule has 0 aromatic heterocycles. The number of hydrogen-bond donors (Lipinski definition) is 1. The van der Waals surface area contributed by atoms with Gasteiger partial charge in [0.2, 0.25) is 0 Å². The molecule has 6 heavy (non-hydrogen) atoms. The molecule has 0 aliphatic carbocycles. The van der Waals surface area contributed by atoms with Gasteiger partial charge in [0, 0.05) is 0 Å². The van der Waals surface area contributed by atoms with E-state index < -0.39 is 0 Å². The van der Waals surface area contributed by atoms with Crippen LogP contribution in [0.5, 0.6) is 0 Å². The Balaban J connectivity index is 2.53. The molecule has 0 spiro atoms. The first-order valence-corrected chi connectivity index (χ1v) is 2.21. The lowest BCUT2D eigenvalue weighted by atomic mass is 10.9. The summed E-state index contributed by atoms with van der Waals surface area (Å²) >= 11 is 1.17. The summed E-state index contributed by atoms with van der Waals surface area (Å²) in [4.78, 5) is 0. The molecule has 1 aliphatic heterocycles. The first-order chi connectivity index (χ1) is 3.00. The Kier molecular flexibility index (Phi) is 1.10. The molecule has 2 nitrogen and oxygen atoms in total. The van der Waals surface area contributed by atoms with Gasteiger partial charge in [0.15, 0.2) is 12.2 Å². The standard InChI is InChI=1S/C3H3NOS/c1-2-4-6-5-3-1/h2-4H. The Bertz CT molecular complexity index is 87.0. The molecule has 1 aliphatic rings. The molecule has 0 unspecified atom stereocenters. The molecular formula is C3H3NOS. The van der Waals surface area contributed by atoms with Crippen LogP contribution in [-0.4, -0.2) is 0 Å². The van der Waals surface area contributed by atoms with E-state index in [0.717, 1.165) is 0 Å². The highest BCUT2D eigenvalue weighted by atomic mass is 32.2. The summed E-state index contributed by atoms with van der Waals surface area (Å²) in [7, 11) is 0. The van der Waals surface area contributed by atoms with Crippen LogP contribution in [0, 0.1) is 0 Å². The largest absolute Gasteiger partial charge is 0.405 e. The maximum atomic E-state index is 4.61. The van der Waals surface area contributed by atoms with E-state index in [1.807, 2.05) is 0 Å². The van der Waals surface area contributed by atoms with Crippen LogP contribution in [0.15, 0.2) is 18.2 Å². The van der Waals surface area contributed by atoms with Gasteiger partial charge in [-0.15, -0.1) is 0 Å². The van der Waals surface area contributed by atoms with Crippen molar-refractivity contribution in [3.05, 3.63) is 18.2 Å². The monoisotopic (exact) mass is 101 g/mol. The van der Waals surface area contributed by atoms with Crippen LogP contribution in [0.3, 0.4) is 0 Å². The highest BCUT2D eigenvalue weighted by Crippen LogP contribution is 1.97.